The minimum Gasteiger partial charge on any atom is -0.444 e. The fourth-order valence-corrected chi connectivity index (χ4v) is 5.66. The van der Waals surface area contributed by atoms with Gasteiger partial charge in [-0.05, 0) is 78.2 Å². The number of alkyl halides is 3. The summed E-state index contributed by atoms with van der Waals surface area (Å²) in [7, 11) is 0. The number of carbonyl (C=O) groups is 1. The van der Waals surface area contributed by atoms with Crippen molar-refractivity contribution in [3.63, 3.8) is 0 Å². The molecule has 0 bridgehead atoms. The molecular formula is C26H37F3N4O2. The molecule has 2 aliphatic rings. The van der Waals surface area contributed by atoms with E-state index in [1.807, 2.05) is 38.3 Å². The largest absolute Gasteiger partial charge is 0.444 e. The van der Waals surface area contributed by atoms with E-state index in [2.05, 4.69) is 6.92 Å². The number of fused-ring (bicyclic) bond motifs is 1. The van der Waals surface area contributed by atoms with E-state index < -0.39 is 17.7 Å². The average Bonchev–Trinajstić information content (AvgIpc) is 3.20. The van der Waals surface area contributed by atoms with Crippen molar-refractivity contribution in [2.24, 2.45) is 5.92 Å². The van der Waals surface area contributed by atoms with Crippen molar-refractivity contribution >= 4 is 11.7 Å². The first kappa shape index (κ1) is 25.8. The molecular weight excluding hydrogens is 457 g/mol. The van der Waals surface area contributed by atoms with Gasteiger partial charge in [0.1, 0.15) is 5.60 Å². The SMILES string of the molecule is CCc1c(C)nc2cc(C3CCC(C(F)(F)F)CC3)nn2c1[C@@H]1CCCN(C(=O)OC(C)(C)C)C1. The molecule has 2 aromatic heterocycles. The van der Waals surface area contributed by atoms with Crippen molar-refractivity contribution in [1.82, 2.24) is 19.5 Å². The zero-order valence-electron chi connectivity index (χ0n) is 21.4. The highest BCUT2D eigenvalue weighted by Gasteiger charge is 2.42. The maximum absolute atomic E-state index is 13.1. The Balaban J connectivity index is 1.63. The van der Waals surface area contributed by atoms with Crippen LogP contribution in [0.1, 0.15) is 101 Å². The van der Waals surface area contributed by atoms with Gasteiger partial charge in [-0.15, -0.1) is 0 Å². The molecule has 3 heterocycles. The first-order chi connectivity index (χ1) is 16.4. The quantitative estimate of drug-likeness (QED) is 0.485. The third-order valence-corrected chi connectivity index (χ3v) is 7.39. The maximum atomic E-state index is 13.1. The summed E-state index contributed by atoms with van der Waals surface area (Å²) in [6.07, 6.45) is -0.569. The van der Waals surface area contributed by atoms with Gasteiger partial charge in [0.2, 0.25) is 0 Å². The van der Waals surface area contributed by atoms with Crippen molar-refractivity contribution in [3.05, 3.63) is 28.7 Å². The van der Waals surface area contributed by atoms with Crippen molar-refractivity contribution in [1.29, 1.82) is 0 Å². The monoisotopic (exact) mass is 494 g/mol. The second-order valence-electron chi connectivity index (χ2n) is 11.1. The molecule has 194 valence electrons. The Kier molecular flexibility index (Phi) is 7.08. The molecule has 0 radical (unpaired) electrons. The maximum Gasteiger partial charge on any atom is 0.410 e. The van der Waals surface area contributed by atoms with Crippen LogP contribution < -0.4 is 0 Å². The lowest BCUT2D eigenvalue weighted by Gasteiger charge is -2.35. The summed E-state index contributed by atoms with van der Waals surface area (Å²) in [5.41, 5.74) is 4.14. The molecule has 0 unspecified atom stereocenters. The lowest BCUT2D eigenvalue weighted by Crippen LogP contribution is -2.42. The van der Waals surface area contributed by atoms with E-state index in [1.54, 1.807) is 4.90 Å². The standard InChI is InChI=1S/C26H37F3N4O2/c1-6-20-16(2)30-22-14-21(17-9-11-19(12-10-17)26(27,28)29)31-33(22)23(20)18-8-7-13-32(15-18)24(34)35-25(3,4)5/h14,17-19H,6-13,15H2,1-5H3/t17?,18-,19?/m1/s1. The Bertz CT molecular complexity index is 1070. The van der Waals surface area contributed by atoms with Gasteiger partial charge in [-0.3, -0.25) is 0 Å². The predicted molar refractivity (Wildman–Crippen MR) is 128 cm³/mol. The number of likely N-dealkylation sites (tertiary alicyclic amines) is 1. The fraction of sp³-hybridized carbons (Fsp3) is 0.731. The molecule has 1 aliphatic heterocycles. The summed E-state index contributed by atoms with van der Waals surface area (Å²) in [5.74, 6) is -1.11. The van der Waals surface area contributed by atoms with E-state index in [1.165, 1.54) is 0 Å². The van der Waals surface area contributed by atoms with E-state index in [0.29, 0.717) is 25.9 Å². The van der Waals surface area contributed by atoms with Gasteiger partial charge in [0.15, 0.2) is 5.65 Å². The van der Waals surface area contributed by atoms with Crippen LogP contribution in [0, 0.1) is 12.8 Å². The van der Waals surface area contributed by atoms with Crippen LogP contribution in [-0.4, -0.2) is 50.5 Å². The van der Waals surface area contributed by atoms with Gasteiger partial charge >= 0.3 is 12.3 Å². The van der Waals surface area contributed by atoms with Gasteiger partial charge in [0.25, 0.3) is 0 Å². The zero-order chi connectivity index (χ0) is 25.5. The van der Waals surface area contributed by atoms with Gasteiger partial charge < -0.3 is 9.64 Å². The Hall–Kier alpha value is -2.32. The Labute approximate surface area is 205 Å². The molecule has 4 rings (SSSR count). The minimum absolute atomic E-state index is 0.0122. The van der Waals surface area contributed by atoms with Crippen molar-refractivity contribution < 1.29 is 22.7 Å². The van der Waals surface area contributed by atoms with E-state index in [4.69, 9.17) is 14.8 Å². The number of hydrogen-bond acceptors (Lipinski definition) is 4. The molecule has 0 N–H and O–H groups in total. The average molecular weight is 495 g/mol. The number of nitrogens with zero attached hydrogens (tertiary/aromatic N) is 4. The van der Waals surface area contributed by atoms with Crippen LogP contribution in [0.15, 0.2) is 6.07 Å². The van der Waals surface area contributed by atoms with Crippen LogP contribution in [-0.2, 0) is 11.2 Å². The normalized spacial score (nSPS) is 24.1. The van der Waals surface area contributed by atoms with Gasteiger partial charge in [0, 0.05) is 36.7 Å². The molecule has 6 nitrogen and oxygen atoms in total. The lowest BCUT2D eigenvalue weighted by molar-refractivity contribution is -0.182. The molecule has 2 aromatic rings. The highest BCUT2D eigenvalue weighted by atomic mass is 19.4. The van der Waals surface area contributed by atoms with Crippen LogP contribution in [0.3, 0.4) is 0 Å². The summed E-state index contributed by atoms with van der Waals surface area (Å²) in [6.45, 7) is 10.9. The number of amides is 1. The van der Waals surface area contributed by atoms with Crippen LogP contribution in [0.25, 0.3) is 5.65 Å². The van der Waals surface area contributed by atoms with Crippen molar-refractivity contribution in [2.75, 3.05) is 13.1 Å². The van der Waals surface area contributed by atoms with Crippen molar-refractivity contribution in [3.8, 4) is 0 Å². The molecule has 1 saturated carbocycles. The molecule has 0 aromatic carbocycles. The van der Waals surface area contributed by atoms with Gasteiger partial charge in [-0.1, -0.05) is 6.92 Å². The number of piperidine rings is 1. The van der Waals surface area contributed by atoms with Crippen LogP contribution in [0.5, 0.6) is 0 Å². The zero-order valence-corrected chi connectivity index (χ0v) is 21.4. The predicted octanol–water partition coefficient (Wildman–Crippen LogP) is 6.55. The van der Waals surface area contributed by atoms with Gasteiger partial charge in [-0.25, -0.2) is 14.3 Å². The third kappa shape index (κ3) is 5.59. The molecule has 1 amide bonds. The third-order valence-electron chi connectivity index (χ3n) is 7.39. The molecule has 1 saturated heterocycles. The summed E-state index contributed by atoms with van der Waals surface area (Å²) < 4.78 is 46.9. The van der Waals surface area contributed by atoms with E-state index >= 15 is 0 Å². The first-order valence-electron chi connectivity index (χ1n) is 12.8. The highest BCUT2D eigenvalue weighted by Crippen LogP contribution is 2.43. The molecule has 35 heavy (non-hydrogen) atoms. The second kappa shape index (κ2) is 9.62. The van der Waals surface area contributed by atoms with Crippen LogP contribution in [0.2, 0.25) is 0 Å². The van der Waals surface area contributed by atoms with E-state index in [0.717, 1.165) is 47.6 Å². The molecule has 9 heteroatoms. The summed E-state index contributed by atoms with van der Waals surface area (Å²) in [6, 6.07) is 1.95. The summed E-state index contributed by atoms with van der Waals surface area (Å²) in [4.78, 5) is 19.3. The topological polar surface area (TPSA) is 59.7 Å². The van der Waals surface area contributed by atoms with E-state index in [9.17, 15) is 18.0 Å². The number of aromatic nitrogens is 3. The number of aryl methyl sites for hydroxylation is 1. The number of rotatable bonds is 3. The van der Waals surface area contributed by atoms with E-state index in [-0.39, 0.29) is 30.8 Å². The number of halogens is 3. The Morgan fingerprint density at radius 1 is 1.11 bits per heavy atom. The van der Waals surface area contributed by atoms with Crippen molar-refractivity contribution in [2.45, 2.75) is 103 Å². The molecule has 0 spiro atoms. The second-order valence-corrected chi connectivity index (χ2v) is 11.1. The Morgan fingerprint density at radius 3 is 2.40 bits per heavy atom. The minimum atomic E-state index is -4.12. The van der Waals surface area contributed by atoms with Gasteiger partial charge in [-0.2, -0.15) is 18.3 Å². The lowest BCUT2D eigenvalue weighted by atomic mass is 9.80. The van der Waals surface area contributed by atoms with Gasteiger partial charge in [0.05, 0.1) is 17.3 Å². The summed E-state index contributed by atoms with van der Waals surface area (Å²) >= 11 is 0. The summed E-state index contributed by atoms with van der Waals surface area (Å²) in [5, 5.41) is 4.92. The molecule has 2 fully saturated rings. The smallest absolute Gasteiger partial charge is 0.410 e. The highest BCUT2D eigenvalue weighted by molar-refractivity contribution is 5.68. The Morgan fingerprint density at radius 2 is 1.80 bits per heavy atom. The number of hydrogen-bond donors (Lipinski definition) is 0. The van der Waals surface area contributed by atoms with Crippen LogP contribution in [0.4, 0.5) is 18.0 Å². The number of ether oxygens (including phenoxy) is 1. The molecule has 1 aliphatic carbocycles. The fourth-order valence-electron chi connectivity index (χ4n) is 5.66. The molecule has 1 atom stereocenters. The number of carbonyl (C=O) groups excluding carboxylic acids is 1. The van der Waals surface area contributed by atoms with Crippen LogP contribution >= 0.6 is 0 Å². The first-order valence-corrected chi connectivity index (χ1v) is 12.8.